The second-order valence-corrected chi connectivity index (χ2v) is 8.17. The molecule has 0 amide bonds. The highest BCUT2D eigenvalue weighted by Gasteiger charge is 2.22. The van der Waals surface area contributed by atoms with Crippen molar-refractivity contribution in [3.8, 4) is 23.1 Å². The summed E-state index contributed by atoms with van der Waals surface area (Å²) >= 11 is 0. The zero-order valence-corrected chi connectivity index (χ0v) is 20.1. The predicted octanol–water partition coefficient (Wildman–Crippen LogP) is 3.80. The third kappa shape index (κ3) is 6.61. The molecule has 3 heterocycles. The van der Waals surface area contributed by atoms with Crippen LogP contribution in [0.3, 0.4) is 0 Å². The maximum atomic E-state index is 12.2. The van der Waals surface area contributed by atoms with Crippen LogP contribution >= 0.6 is 0 Å². The Labute approximate surface area is 204 Å². The van der Waals surface area contributed by atoms with E-state index in [2.05, 4.69) is 25.5 Å². The first-order valence-corrected chi connectivity index (χ1v) is 11.7. The number of halogens is 1. The van der Waals surface area contributed by atoms with Gasteiger partial charge in [-0.1, -0.05) is 24.3 Å². The first kappa shape index (κ1) is 24.7. The summed E-state index contributed by atoms with van der Waals surface area (Å²) in [7, 11) is 1.61. The lowest BCUT2D eigenvalue weighted by Crippen LogP contribution is -2.38. The van der Waals surface area contributed by atoms with Gasteiger partial charge in [0, 0.05) is 43.9 Å². The van der Waals surface area contributed by atoms with Crippen LogP contribution in [0, 0.1) is 0 Å². The molecule has 0 aliphatic carbocycles. The van der Waals surface area contributed by atoms with Crippen LogP contribution < -0.4 is 24.8 Å². The molecule has 1 atom stereocenters. The van der Waals surface area contributed by atoms with Crippen molar-refractivity contribution in [1.82, 2.24) is 14.9 Å². The number of hydrogen-bond donors (Lipinski definition) is 2. The number of fused-ring (bicyclic) bond motifs is 2. The molecule has 1 saturated heterocycles. The highest BCUT2D eigenvalue weighted by molar-refractivity contribution is 5.72. The van der Waals surface area contributed by atoms with Crippen molar-refractivity contribution in [3.05, 3.63) is 48.3 Å². The topological polar surface area (TPSA) is 90.0 Å². The lowest BCUT2D eigenvalue weighted by Gasteiger charge is -2.26. The molecule has 9 nitrogen and oxygen atoms in total. The summed E-state index contributed by atoms with van der Waals surface area (Å²) in [5.41, 5.74) is 1.58. The van der Waals surface area contributed by atoms with Crippen molar-refractivity contribution in [2.45, 2.75) is 19.5 Å². The number of methoxy groups -OCH3 is 1. The van der Waals surface area contributed by atoms with E-state index in [-0.39, 0.29) is 6.04 Å². The quantitative estimate of drug-likeness (QED) is 0.488. The van der Waals surface area contributed by atoms with Gasteiger partial charge in [-0.2, -0.15) is 4.98 Å². The van der Waals surface area contributed by atoms with Crippen LogP contribution in [0.2, 0.25) is 0 Å². The zero-order valence-electron chi connectivity index (χ0n) is 20.1. The molecular weight excluding hydrogens is 453 g/mol. The van der Waals surface area contributed by atoms with Gasteiger partial charge in [-0.3, -0.25) is 4.90 Å². The monoisotopic (exact) mass is 485 g/mol. The van der Waals surface area contributed by atoms with Gasteiger partial charge < -0.3 is 29.6 Å². The summed E-state index contributed by atoms with van der Waals surface area (Å²) in [6.45, 7) is 6.72. The molecule has 2 aliphatic heterocycles. The summed E-state index contributed by atoms with van der Waals surface area (Å²) in [5.74, 6) is 2.94. The predicted molar refractivity (Wildman–Crippen MR) is 133 cm³/mol. The molecule has 10 heteroatoms. The molecule has 0 spiro atoms. The first-order chi connectivity index (χ1) is 17.2. The highest BCUT2D eigenvalue weighted by Crippen LogP contribution is 2.42. The van der Waals surface area contributed by atoms with Gasteiger partial charge in [0.25, 0.3) is 0 Å². The van der Waals surface area contributed by atoms with Gasteiger partial charge >= 0.3 is 0 Å². The molecule has 1 fully saturated rings. The van der Waals surface area contributed by atoms with Crippen LogP contribution in [0.4, 0.5) is 15.9 Å². The number of rotatable bonds is 10. The second-order valence-electron chi connectivity index (χ2n) is 8.17. The Morgan fingerprint density at radius 2 is 2.09 bits per heavy atom. The van der Waals surface area contributed by atoms with Gasteiger partial charge in [0.15, 0.2) is 17.3 Å². The Bertz CT molecular complexity index is 1040. The number of hydrogen-bond acceptors (Lipinski definition) is 9. The molecule has 0 bridgehead atoms. The van der Waals surface area contributed by atoms with Crippen LogP contribution in [0.5, 0.6) is 23.1 Å². The van der Waals surface area contributed by atoms with E-state index in [1.165, 1.54) is 12.4 Å². The van der Waals surface area contributed by atoms with Gasteiger partial charge in [0.2, 0.25) is 5.88 Å². The van der Waals surface area contributed by atoms with Crippen LogP contribution in [-0.4, -0.2) is 74.1 Å². The summed E-state index contributed by atoms with van der Waals surface area (Å²) in [6, 6.07) is 3.72. The third-order valence-corrected chi connectivity index (χ3v) is 5.69. The van der Waals surface area contributed by atoms with Crippen LogP contribution in [0.25, 0.3) is 0 Å². The van der Waals surface area contributed by atoms with E-state index >= 15 is 0 Å². The molecule has 1 aromatic heterocycles. The first-order valence-electron chi connectivity index (χ1n) is 11.7. The molecule has 2 aliphatic rings. The number of nitrogens with one attached hydrogen (secondary N) is 2. The lowest BCUT2D eigenvalue weighted by atomic mass is 10.1. The van der Waals surface area contributed by atoms with Crippen molar-refractivity contribution in [3.63, 3.8) is 0 Å². The molecule has 1 aromatic carbocycles. The minimum Gasteiger partial charge on any atom is -0.493 e. The molecule has 1 unspecified atom stereocenters. The van der Waals surface area contributed by atoms with Crippen molar-refractivity contribution >= 4 is 11.5 Å². The minimum absolute atomic E-state index is 0.0442. The Morgan fingerprint density at radius 1 is 1.23 bits per heavy atom. The van der Waals surface area contributed by atoms with E-state index in [9.17, 15) is 4.39 Å². The van der Waals surface area contributed by atoms with Gasteiger partial charge in [0.05, 0.1) is 20.3 Å². The average Bonchev–Trinajstić information content (AvgIpc) is 3.06. The maximum absolute atomic E-state index is 12.2. The molecule has 0 saturated carbocycles. The molecule has 4 rings (SSSR count). The van der Waals surface area contributed by atoms with Crippen LogP contribution in [0.15, 0.2) is 42.8 Å². The molecule has 2 N–H and O–H groups in total. The average molecular weight is 486 g/mol. The number of nitrogens with zero attached hydrogens (tertiary/aromatic N) is 3. The standard InChI is InChI=1S/C25H32FN5O4/c1-18(6-4-3-5-7-26)30-24-23-25(29-17-28-24)35-20-15-21(32-2)22(14-19(20)16-27-23)34-13-10-31-8-11-33-12-9-31/h3-6,14-15,17-18,27H,7-13,16H2,1-2H3,(H,28,29,30)/b5-3-,6-4-. The second kappa shape index (κ2) is 12.4. The molecule has 2 aromatic rings. The van der Waals surface area contributed by atoms with Crippen LogP contribution in [0.1, 0.15) is 12.5 Å². The zero-order chi connectivity index (χ0) is 24.5. The molecule has 35 heavy (non-hydrogen) atoms. The molecular formula is C25H32FN5O4. The largest absolute Gasteiger partial charge is 0.493 e. The Hall–Kier alpha value is -3.37. The SMILES string of the molecule is COc1cc2c(cc1OCCN1CCOCC1)CNc1c(NC(C)/C=C\C=C/CF)ncnc1O2. The molecule has 0 radical (unpaired) electrons. The van der Waals surface area contributed by atoms with E-state index in [0.717, 1.165) is 38.4 Å². The number of alkyl halides is 1. The number of allylic oxidation sites excluding steroid dienone is 3. The van der Waals surface area contributed by atoms with Crippen molar-refractivity contribution in [1.29, 1.82) is 0 Å². The van der Waals surface area contributed by atoms with Crippen molar-refractivity contribution in [2.75, 3.05) is 63.9 Å². The Morgan fingerprint density at radius 3 is 2.89 bits per heavy atom. The maximum Gasteiger partial charge on any atom is 0.248 e. The van der Waals surface area contributed by atoms with Gasteiger partial charge in [-0.15, -0.1) is 0 Å². The van der Waals surface area contributed by atoms with E-state index in [1.807, 2.05) is 25.1 Å². The normalized spacial score (nSPS) is 16.7. The fraction of sp³-hybridized carbons (Fsp3) is 0.440. The minimum atomic E-state index is -0.487. The van der Waals surface area contributed by atoms with E-state index in [0.29, 0.717) is 47.8 Å². The number of benzene rings is 1. The fourth-order valence-electron chi connectivity index (χ4n) is 3.83. The number of aromatic nitrogens is 2. The Balaban J connectivity index is 1.46. The van der Waals surface area contributed by atoms with Crippen molar-refractivity contribution in [2.24, 2.45) is 0 Å². The highest BCUT2D eigenvalue weighted by atomic mass is 19.1. The van der Waals surface area contributed by atoms with E-state index in [4.69, 9.17) is 18.9 Å². The van der Waals surface area contributed by atoms with Gasteiger partial charge in [0.1, 0.15) is 31.0 Å². The van der Waals surface area contributed by atoms with E-state index in [1.54, 1.807) is 19.3 Å². The van der Waals surface area contributed by atoms with Crippen molar-refractivity contribution < 1.29 is 23.3 Å². The summed E-state index contributed by atoms with van der Waals surface area (Å²) in [6.07, 6.45) is 8.28. The fourth-order valence-corrected chi connectivity index (χ4v) is 3.83. The number of ether oxygens (including phenoxy) is 4. The Kier molecular flexibility index (Phi) is 8.74. The van der Waals surface area contributed by atoms with Crippen LogP contribution in [-0.2, 0) is 11.3 Å². The third-order valence-electron chi connectivity index (χ3n) is 5.69. The van der Waals surface area contributed by atoms with Gasteiger partial charge in [-0.05, 0) is 13.0 Å². The molecule has 188 valence electrons. The van der Waals surface area contributed by atoms with Gasteiger partial charge in [-0.25, -0.2) is 9.37 Å². The summed E-state index contributed by atoms with van der Waals surface area (Å²) in [5, 5.41) is 6.71. The number of anilines is 2. The number of morpholine rings is 1. The summed E-state index contributed by atoms with van der Waals surface area (Å²) < 4.78 is 35.4. The lowest BCUT2D eigenvalue weighted by molar-refractivity contribution is 0.0321. The summed E-state index contributed by atoms with van der Waals surface area (Å²) in [4.78, 5) is 11.0. The van der Waals surface area contributed by atoms with E-state index < -0.39 is 6.67 Å². The smallest absolute Gasteiger partial charge is 0.248 e.